The predicted octanol–water partition coefficient (Wildman–Crippen LogP) is 4.63. The number of ketones is 1. The second kappa shape index (κ2) is 8.57. The fraction of sp³-hybridized carbons (Fsp3) is 0.379. The molecule has 2 heterocycles. The van der Waals surface area contributed by atoms with Crippen molar-refractivity contribution >= 4 is 11.8 Å². The maximum absolute atomic E-state index is 14.2. The Balaban J connectivity index is 1.59. The number of benzene rings is 2. The molecule has 2 aromatic carbocycles. The molecular formula is C29H28O8. The smallest absolute Gasteiger partial charge is 0.338 e. The number of methoxy groups -OCH3 is 2. The molecule has 37 heavy (non-hydrogen) atoms. The molecule has 6 rings (SSSR count). The molecule has 4 aliphatic rings. The van der Waals surface area contributed by atoms with Gasteiger partial charge in [0.2, 0.25) is 24.1 Å². The quantitative estimate of drug-likeness (QED) is 0.557. The summed E-state index contributed by atoms with van der Waals surface area (Å²) in [5.41, 5.74) is 1.49. The van der Waals surface area contributed by atoms with Gasteiger partial charge in [-0.15, -0.1) is 0 Å². The van der Waals surface area contributed by atoms with E-state index in [1.165, 1.54) is 14.2 Å². The summed E-state index contributed by atoms with van der Waals surface area (Å²) in [6.45, 7) is 4.27. The van der Waals surface area contributed by atoms with Gasteiger partial charge in [0.1, 0.15) is 18.1 Å². The number of carbonyl (C=O) groups is 2. The van der Waals surface area contributed by atoms with Crippen molar-refractivity contribution in [2.75, 3.05) is 27.6 Å². The summed E-state index contributed by atoms with van der Waals surface area (Å²) in [4.78, 5) is 27.5. The summed E-state index contributed by atoms with van der Waals surface area (Å²) in [5, 5.41) is 0. The standard InChI is InChI=1S/C29H28O8/c1-15-10-18-11-20(32-3)25(33-4)27(30)29(18)13-34-26-22(29)19(12-21-24(26)36-14-35-21)23(16(15)2)37-28(31)17-8-6-5-7-9-17/h5-9,11-12,15-16,23H,10,13-14H2,1-4H3/t15-,16-,23-,29-/m1/s1. The van der Waals surface area contributed by atoms with E-state index >= 15 is 0 Å². The first-order chi connectivity index (χ1) is 17.9. The molecule has 0 unspecified atom stereocenters. The highest BCUT2D eigenvalue weighted by Crippen LogP contribution is 2.61. The lowest BCUT2D eigenvalue weighted by Gasteiger charge is -2.41. The maximum Gasteiger partial charge on any atom is 0.338 e. The molecule has 0 saturated heterocycles. The number of hydrogen-bond donors (Lipinski definition) is 0. The summed E-state index contributed by atoms with van der Waals surface area (Å²) >= 11 is 0. The zero-order valence-corrected chi connectivity index (χ0v) is 21.2. The molecular weight excluding hydrogens is 476 g/mol. The number of rotatable bonds is 4. The largest absolute Gasteiger partial charge is 0.493 e. The van der Waals surface area contributed by atoms with Crippen molar-refractivity contribution < 1.29 is 38.0 Å². The van der Waals surface area contributed by atoms with Crippen LogP contribution in [0, 0.1) is 11.8 Å². The van der Waals surface area contributed by atoms with Gasteiger partial charge < -0.3 is 28.4 Å². The third-order valence-electron chi connectivity index (χ3n) is 8.07. The number of allylic oxidation sites excluding steroid dienone is 2. The van der Waals surface area contributed by atoms with E-state index in [1.54, 1.807) is 24.3 Å². The van der Waals surface area contributed by atoms with E-state index in [4.69, 9.17) is 28.4 Å². The van der Waals surface area contributed by atoms with Crippen LogP contribution in [-0.4, -0.2) is 39.4 Å². The van der Waals surface area contributed by atoms with Gasteiger partial charge in [-0.25, -0.2) is 4.79 Å². The second-order valence-corrected chi connectivity index (χ2v) is 9.93. The number of hydrogen-bond acceptors (Lipinski definition) is 8. The molecule has 0 saturated carbocycles. The topological polar surface area (TPSA) is 89.5 Å². The van der Waals surface area contributed by atoms with Gasteiger partial charge in [0.05, 0.1) is 19.8 Å². The molecule has 0 amide bonds. The van der Waals surface area contributed by atoms with Gasteiger partial charge in [-0.3, -0.25) is 4.79 Å². The lowest BCUT2D eigenvalue weighted by atomic mass is 9.62. The fourth-order valence-electron chi connectivity index (χ4n) is 5.94. The van der Waals surface area contributed by atoms with Crippen molar-refractivity contribution in [3.63, 3.8) is 0 Å². The fourth-order valence-corrected chi connectivity index (χ4v) is 5.94. The van der Waals surface area contributed by atoms with Crippen LogP contribution < -0.4 is 14.2 Å². The molecule has 0 N–H and O–H groups in total. The average Bonchev–Trinajstić information content (AvgIpc) is 3.54. The minimum Gasteiger partial charge on any atom is -0.493 e. The van der Waals surface area contributed by atoms with E-state index in [9.17, 15) is 9.59 Å². The van der Waals surface area contributed by atoms with Crippen LogP contribution in [0.1, 0.15) is 47.9 Å². The molecule has 2 aliphatic heterocycles. The van der Waals surface area contributed by atoms with Crippen molar-refractivity contribution in [2.45, 2.75) is 31.8 Å². The molecule has 4 atom stereocenters. The minimum atomic E-state index is -1.16. The van der Waals surface area contributed by atoms with Gasteiger partial charge in [-0.1, -0.05) is 32.0 Å². The van der Waals surface area contributed by atoms with Crippen LogP contribution in [0.4, 0.5) is 0 Å². The Morgan fingerprint density at radius 1 is 1.03 bits per heavy atom. The molecule has 0 radical (unpaired) electrons. The van der Waals surface area contributed by atoms with E-state index in [0.717, 1.165) is 5.57 Å². The van der Waals surface area contributed by atoms with Crippen LogP contribution in [0.3, 0.4) is 0 Å². The van der Waals surface area contributed by atoms with Crippen LogP contribution >= 0.6 is 0 Å². The number of Topliss-reactive ketones (excluding diaryl/α,β-unsaturated/α-hetero) is 1. The minimum absolute atomic E-state index is 0.0374. The zero-order chi connectivity index (χ0) is 25.9. The summed E-state index contributed by atoms with van der Waals surface area (Å²) in [6, 6.07) is 10.7. The summed E-state index contributed by atoms with van der Waals surface area (Å²) in [7, 11) is 2.98. The van der Waals surface area contributed by atoms with Gasteiger partial charge in [-0.2, -0.15) is 0 Å². The van der Waals surface area contributed by atoms with Gasteiger partial charge in [0.15, 0.2) is 17.3 Å². The molecule has 0 aromatic heterocycles. The Bertz CT molecular complexity index is 1360. The van der Waals surface area contributed by atoms with Crippen molar-refractivity contribution in [2.24, 2.45) is 11.8 Å². The van der Waals surface area contributed by atoms with E-state index in [-0.39, 0.29) is 36.8 Å². The lowest BCUT2D eigenvalue weighted by molar-refractivity contribution is -0.124. The summed E-state index contributed by atoms with van der Waals surface area (Å²) < 4.78 is 35.1. The lowest BCUT2D eigenvalue weighted by Crippen LogP contribution is -2.46. The normalized spacial score (nSPS) is 27.3. The number of ether oxygens (including phenoxy) is 6. The van der Waals surface area contributed by atoms with E-state index in [0.29, 0.717) is 46.1 Å². The first kappa shape index (κ1) is 23.5. The molecule has 192 valence electrons. The van der Waals surface area contributed by atoms with Gasteiger partial charge in [-0.05, 0) is 42.2 Å². The average molecular weight is 505 g/mol. The highest BCUT2D eigenvalue weighted by Gasteiger charge is 2.59. The van der Waals surface area contributed by atoms with Gasteiger partial charge in [0, 0.05) is 17.0 Å². The van der Waals surface area contributed by atoms with Crippen LogP contribution in [0.15, 0.2) is 59.6 Å². The van der Waals surface area contributed by atoms with E-state index in [1.807, 2.05) is 18.2 Å². The van der Waals surface area contributed by atoms with E-state index < -0.39 is 17.5 Å². The Morgan fingerprint density at radius 3 is 2.54 bits per heavy atom. The molecule has 1 spiro atoms. The van der Waals surface area contributed by atoms with Crippen molar-refractivity contribution in [1.82, 2.24) is 0 Å². The summed E-state index contributed by atoms with van der Waals surface area (Å²) in [6.07, 6.45) is 1.82. The number of carbonyl (C=O) groups excluding carboxylic acids is 2. The van der Waals surface area contributed by atoms with Crippen molar-refractivity contribution in [1.29, 1.82) is 0 Å². The van der Waals surface area contributed by atoms with Crippen LogP contribution in [0.2, 0.25) is 0 Å². The molecule has 0 fully saturated rings. The van der Waals surface area contributed by atoms with Crippen LogP contribution in [0.25, 0.3) is 0 Å². The predicted molar refractivity (Wildman–Crippen MR) is 131 cm³/mol. The Labute approximate surface area is 214 Å². The maximum atomic E-state index is 14.2. The molecule has 8 heteroatoms. The SMILES string of the molecule is COC1=C(OC)C(=O)[C@@]23COc4c5c(cc(c42)[C@H](OC(=O)c2ccccc2)[C@H](C)[C@H](C)CC3=C1)OCO5. The zero-order valence-electron chi connectivity index (χ0n) is 21.2. The van der Waals surface area contributed by atoms with Crippen LogP contribution in [0.5, 0.6) is 17.2 Å². The first-order valence-corrected chi connectivity index (χ1v) is 12.3. The second-order valence-electron chi connectivity index (χ2n) is 9.93. The van der Waals surface area contributed by atoms with Crippen molar-refractivity contribution in [3.05, 3.63) is 76.3 Å². The van der Waals surface area contributed by atoms with Crippen molar-refractivity contribution in [3.8, 4) is 17.2 Å². The third-order valence-corrected chi connectivity index (χ3v) is 8.07. The Hall–Kier alpha value is -3.94. The van der Waals surface area contributed by atoms with Gasteiger partial charge in [0.25, 0.3) is 0 Å². The molecule has 2 aromatic rings. The highest BCUT2D eigenvalue weighted by molar-refractivity contribution is 6.08. The van der Waals surface area contributed by atoms with Crippen LogP contribution in [-0.2, 0) is 24.4 Å². The Kier molecular flexibility index (Phi) is 5.44. The number of fused-ring (bicyclic) bond motifs is 2. The summed E-state index contributed by atoms with van der Waals surface area (Å²) in [5.74, 6) is 1.19. The highest BCUT2D eigenvalue weighted by atomic mass is 16.7. The first-order valence-electron chi connectivity index (χ1n) is 12.3. The molecule has 2 aliphatic carbocycles. The monoisotopic (exact) mass is 504 g/mol. The Morgan fingerprint density at radius 2 is 1.81 bits per heavy atom. The molecule has 8 nitrogen and oxygen atoms in total. The van der Waals surface area contributed by atoms with E-state index in [2.05, 4.69) is 13.8 Å². The molecule has 0 bridgehead atoms. The number of esters is 1. The van der Waals surface area contributed by atoms with Gasteiger partial charge >= 0.3 is 5.97 Å². The third kappa shape index (κ3) is 3.27.